The van der Waals surface area contributed by atoms with Crippen LogP contribution in [0.3, 0.4) is 0 Å². The summed E-state index contributed by atoms with van der Waals surface area (Å²) in [5.41, 5.74) is -0.790. The van der Waals surface area contributed by atoms with E-state index in [1.165, 1.54) is 0 Å². The smallest absolute Gasteiger partial charge is 0.242 e. The van der Waals surface area contributed by atoms with Gasteiger partial charge in [-0.05, 0) is 6.42 Å². The molecule has 3 heterocycles. The summed E-state index contributed by atoms with van der Waals surface area (Å²) in [4.78, 5) is 20.1. The van der Waals surface area contributed by atoms with Crippen molar-refractivity contribution < 1.29 is 14.6 Å². The fourth-order valence-electron chi connectivity index (χ4n) is 3.01. The Morgan fingerprint density at radius 2 is 2.14 bits per heavy atom. The van der Waals surface area contributed by atoms with Crippen LogP contribution in [0.1, 0.15) is 6.42 Å². The Labute approximate surface area is 124 Å². The number of ether oxygens (including phenoxy) is 1. The minimum atomic E-state index is -0.790. The standard InChI is InChI=1S/C14H22N4O3/c19-13(9-17-4-2-15-12-17)18-3-1-14(20,11-18)10-16-5-7-21-8-6-16/h2,4,12,20H,1,3,5-11H2/t14-/m1/s1. The van der Waals surface area contributed by atoms with Gasteiger partial charge in [0.1, 0.15) is 6.54 Å². The fourth-order valence-corrected chi connectivity index (χ4v) is 3.01. The number of likely N-dealkylation sites (tertiary alicyclic amines) is 1. The summed E-state index contributed by atoms with van der Waals surface area (Å²) in [5, 5.41) is 10.7. The molecule has 2 saturated heterocycles. The van der Waals surface area contributed by atoms with Crippen LogP contribution in [-0.2, 0) is 16.1 Å². The van der Waals surface area contributed by atoms with Crippen LogP contribution in [0.4, 0.5) is 0 Å². The molecule has 21 heavy (non-hydrogen) atoms. The van der Waals surface area contributed by atoms with Crippen LogP contribution in [0.2, 0.25) is 0 Å². The minimum Gasteiger partial charge on any atom is -0.387 e. The largest absolute Gasteiger partial charge is 0.387 e. The molecule has 1 N–H and O–H groups in total. The molecule has 1 atom stereocenters. The van der Waals surface area contributed by atoms with Gasteiger partial charge in [-0.3, -0.25) is 9.69 Å². The van der Waals surface area contributed by atoms with Gasteiger partial charge in [-0.25, -0.2) is 4.98 Å². The monoisotopic (exact) mass is 294 g/mol. The molecule has 0 unspecified atom stereocenters. The van der Waals surface area contributed by atoms with Gasteiger partial charge in [0.2, 0.25) is 5.91 Å². The zero-order valence-electron chi connectivity index (χ0n) is 12.1. The van der Waals surface area contributed by atoms with Crippen molar-refractivity contribution >= 4 is 5.91 Å². The van der Waals surface area contributed by atoms with Crippen LogP contribution in [0.5, 0.6) is 0 Å². The van der Waals surface area contributed by atoms with Crippen molar-refractivity contribution in [2.45, 2.75) is 18.6 Å². The van der Waals surface area contributed by atoms with Crippen LogP contribution < -0.4 is 0 Å². The van der Waals surface area contributed by atoms with Crippen LogP contribution in [0.15, 0.2) is 18.7 Å². The van der Waals surface area contributed by atoms with Gasteiger partial charge in [0.25, 0.3) is 0 Å². The fraction of sp³-hybridized carbons (Fsp3) is 0.714. The number of aliphatic hydroxyl groups is 1. The normalized spacial score (nSPS) is 27.2. The summed E-state index contributed by atoms with van der Waals surface area (Å²) in [6.07, 6.45) is 5.70. The van der Waals surface area contributed by atoms with E-state index in [0.717, 1.165) is 26.3 Å². The molecule has 0 bridgehead atoms. The number of carbonyl (C=O) groups excluding carboxylic acids is 1. The predicted octanol–water partition coefficient (Wildman–Crippen LogP) is -0.821. The molecule has 7 heteroatoms. The van der Waals surface area contributed by atoms with Crippen molar-refractivity contribution in [1.29, 1.82) is 0 Å². The first-order valence-electron chi connectivity index (χ1n) is 7.41. The summed E-state index contributed by atoms with van der Waals surface area (Å²) < 4.78 is 7.07. The van der Waals surface area contributed by atoms with E-state index < -0.39 is 5.60 Å². The van der Waals surface area contributed by atoms with Crippen molar-refractivity contribution in [2.75, 3.05) is 45.9 Å². The molecule has 3 rings (SSSR count). The molecule has 0 spiro atoms. The zero-order valence-corrected chi connectivity index (χ0v) is 12.1. The highest BCUT2D eigenvalue weighted by molar-refractivity contribution is 5.76. The molecule has 1 aromatic rings. The van der Waals surface area contributed by atoms with Gasteiger partial charge < -0.3 is 19.3 Å². The van der Waals surface area contributed by atoms with E-state index in [2.05, 4.69) is 9.88 Å². The van der Waals surface area contributed by atoms with Crippen molar-refractivity contribution in [3.8, 4) is 0 Å². The van der Waals surface area contributed by atoms with Gasteiger partial charge in [-0.1, -0.05) is 0 Å². The number of aromatic nitrogens is 2. The van der Waals surface area contributed by atoms with E-state index in [1.807, 2.05) is 0 Å². The SMILES string of the molecule is O=C(Cn1ccnc1)N1CC[C@@](O)(CN2CCOCC2)C1. The second-order valence-corrected chi connectivity index (χ2v) is 5.91. The topological polar surface area (TPSA) is 70.8 Å². The molecule has 1 amide bonds. The van der Waals surface area contributed by atoms with Gasteiger partial charge >= 0.3 is 0 Å². The highest BCUT2D eigenvalue weighted by Gasteiger charge is 2.39. The molecule has 0 aromatic carbocycles. The van der Waals surface area contributed by atoms with E-state index in [-0.39, 0.29) is 12.5 Å². The lowest BCUT2D eigenvalue weighted by Gasteiger charge is -2.33. The highest BCUT2D eigenvalue weighted by Crippen LogP contribution is 2.23. The predicted molar refractivity (Wildman–Crippen MR) is 75.6 cm³/mol. The lowest BCUT2D eigenvalue weighted by Crippen LogP contribution is -2.49. The Morgan fingerprint density at radius 1 is 1.33 bits per heavy atom. The number of hydrogen-bond donors (Lipinski definition) is 1. The average molecular weight is 294 g/mol. The van der Waals surface area contributed by atoms with Gasteiger partial charge in [0.05, 0.1) is 31.7 Å². The molecule has 116 valence electrons. The number of β-amino-alcohol motifs (C(OH)–C–C–N with tert-alkyl or cyclic N) is 1. The van der Waals surface area contributed by atoms with E-state index in [1.54, 1.807) is 28.2 Å². The van der Waals surface area contributed by atoms with Crippen LogP contribution >= 0.6 is 0 Å². The highest BCUT2D eigenvalue weighted by atomic mass is 16.5. The third kappa shape index (κ3) is 3.61. The number of nitrogens with zero attached hydrogens (tertiary/aromatic N) is 4. The summed E-state index contributed by atoms with van der Waals surface area (Å²) in [6, 6.07) is 0. The van der Waals surface area contributed by atoms with E-state index in [4.69, 9.17) is 4.74 Å². The van der Waals surface area contributed by atoms with Crippen LogP contribution in [0.25, 0.3) is 0 Å². The number of amides is 1. The Hall–Kier alpha value is -1.44. The summed E-state index contributed by atoms with van der Waals surface area (Å²) in [5.74, 6) is 0.0332. The maximum Gasteiger partial charge on any atom is 0.242 e. The summed E-state index contributed by atoms with van der Waals surface area (Å²) in [6.45, 7) is 5.08. The maximum absolute atomic E-state index is 12.2. The Kier molecular flexibility index (Phi) is 4.23. The molecule has 0 saturated carbocycles. The quantitative estimate of drug-likeness (QED) is 0.785. The van der Waals surface area contributed by atoms with E-state index in [0.29, 0.717) is 26.1 Å². The first kappa shape index (κ1) is 14.5. The number of imidazole rings is 1. The van der Waals surface area contributed by atoms with Crippen molar-refractivity contribution in [3.63, 3.8) is 0 Å². The van der Waals surface area contributed by atoms with Crippen molar-refractivity contribution in [1.82, 2.24) is 19.4 Å². The van der Waals surface area contributed by atoms with Crippen LogP contribution in [-0.4, -0.2) is 81.9 Å². The first-order valence-corrected chi connectivity index (χ1v) is 7.41. The lowest BCUT2D eigenvalue weighted by atomic mass is 10.0. The van der Waals surface area contributed by atoms with E-state index in [9.17, 15) is 9.90 Å². The molecule has 2 aliphatic heterocycles. The Balaban J connectivity index is 1.52. The molecule has 2 fully saturated rings. The summed E-state index contributed by atoms with van der Waals surface area (Å²) >= 11 is 0. The van der Waals surface area contributed by atoms with Crippen molar-refractivity contribution in [2.24, 2.45) is 0 Å². The lowest BCUT2D eigenvalue weighted by molar-refractivity contribution is -0.132. The molecule has 0 radical (unpaired) electrons. The van der Waals surface area contributed by atoms with Gasteiger partial charge in [-0.15, -0.1) is 0 Å². The number of carbonyl (C=O) groups is 1. The molecule has 7 nitrogen and oxygen atoms in total. The van der Waals surface area contributed by atoms with Crippen LogP contribution in [0, 0.1) is 0 Å². The van der Waals surface area contributed by atoms with Gasteiger partial charge in [-0.2, -0.15) is 0 Å². The maximum atomic E-state index is 12.2. The second-order valence-electron chi connectivity index (χ2n) is 5.91. The summed E-state index contributed by atoms with van der Waals surface area (Å²) in [7, 11) is 0. The Bertz CT molecular complexity index is 473. The third-order valence-corrected chi connectivity index (χ3v) is 4.18. The molecule has 2 aliphatic rings. The zero-order chi connectivity index (χ0) is 14.7. The third-order valence-electron chi connectivity index (χ3n) is 4.18. The number of morpholine rings is 1. The second kappa shape index (κ2) is 6.13. The molecule has 1 aromatic heterocycles. The van der Waals surface area contributed by atoms with Gasteiger partial charge in [0.15, 0.2) is 0 Å². The van der Waals surface area contributed by atoms with Gasteiger partial charge in [0, 0.05) is 38.6 Å². The van der Waals surface area contributed by atoms with Crippen molar-refractivity contribution in [3.05, 3.63) is 18.7 Å². The first-order chi connectivity index (χ1) is 10.1. The Morgan fingerprint density at radius 3 is 2.86 bits per heavy atom. The average Bonchev–Trinajstić information content (AvgIpc) is 3.10. The van der Waals surface area contributed by atoms with E-state index >= 15 is 0 Å². The molecular weight excluding hydrogens is 272 g/mol. The molecular formula is C14H22N4O3. The number of rotatable bonds is 4. The number of hydrogen-bond acceptors (Lipinski definition) is 5. The minimum absolute atomic E-state index is 0.0332. The molecule has 0 aliphatic carbocycles.